The largest absolute Gasteiger partial charge is 0.399 e. The van der Waals surface area contributed by atoms with E-state index in [2.05, 4.69) is 0 Å². The number of hydrogen-bond acceptors (Lipinski definition) is 4. The average molecular weight is 250 g/mol. The highest BCUT2D eigenvalue weighted by atomic mass is 16.2. The topological polar surface area (TPSA) is 115 Å². The first-order chi connectivity index (χ1) is 8.40. The molecule has 0 aliphatic rings. The van der Waals surface area contributed by atoms with Crippen molar-refractivity contribution in [1.82, 2.24) is 4.90 Å². The van der Waals surface area contributed by atoms with Crippen LogP contribution in [0.4, 0.5) is 5.69 Å². The third kappa shape index (κ3) is 4.06. The molecule has 1 rings (SSSR count). The van der Waals surface area contributed by atoms with Crippen LogP contribution in [0.2, 0.25) is 0 Å². The van der Waals surface area contributed by atoms with E-state index < -0.39 is 11.8 Å². The summed E-state index contributed by atoms with van der Waals surface area (Å²) in [6, 6.07) is 7.07. The van der Waals surface area contributed by atoms with Gasteiger partial charge in [-0.25, -0.2) is 0 Å². The van der Waals surface area contributed by atoms with Gasteiger partial charge in [0.05, 0.1) is 13.1 Å². The molecule has 0 radical (unpaired) electrons. The molecule has 0 bridgehead atoms. The van der Waals surface area contributed by atoms with E-state index in [4.69, 9.17) is 17.2 Å². The van der Waals surface area contributed by atoms with Crippen molar-refractivity contribution in [3.8, 4) is 0 Å². The van der Waals surface area contributed by atoms with E-state index in [-0.39, 0.29) is 19.1 Å². The minimum Gasteiger partial charge on any atom is -0.399 e. The molecule has 0 aliphatic carbocycles. The minimum absolute atomic E-state index is 0.0289. The zero-order valence-corrected chi connectivity index (χ0v) is 10.3. The van der Waals surface area contributed by atoms with Crippen molar-refractivity contribution in [2.45, 2.75) is 13.0 Å². The molecule has 6 N–H and O–H groups in total. The van der Waals surface area contributed by atoms with Crippen LogP contribution in [0.15, 0.2) is 24.3 Å². The Morgan fingerprint density at radius 3 is 2.22 bits per heavy atom. The van der Waals surface area contributed by atoms with E-state index in [0.29, 0.717) is 5.69 Å². The van der Waals surface area contributed by atoms with Gasteiger partial charge in [0.15, 0.2) is 0 Å². The number of primary amides is 2. The van der Waals surface area contributed by atoms with Crippen LogP contribution >= 0.6 is 0 Å². The monoisotopic (exact) mass is 250 g/mol. The molecule has 18 heavy (non-hydrogen) atoms. The average Bonchev–Trinajstić information content (AvgIpc) is 2.26. The number of carbonyl (C=O) groups is 2. The molecule has 0 spiro atoms. The van der Waals surface area contributed by atoms with Crippen LogP contribution in [-0.2, 0) is 9.59 Å². The van der Waals surface area contributed by atoms with Crippen LogP contribution in [0.3, 0.4) is 0 Å². The molecule has 0 heterocycles. The zero-order chi connectivity index (χ0) is 13.7. The summed E-state index contributed by atoms with van der Waals surface area (Å²) in [7, 11) is 0. The van der Waals surface area contributed by atoms with E-state index in [1.165, 1.54) is 0 Å². The van der Waals surface area contributed by atoms with Crippen LogP contribution in [0, 0.1) is 0 Å². The summed E-state index contributed by atoms with van der Waals surface area (Å²) in [5.74, 6) is -1.01. The SMILES string of the molecule is CC(c1cccc(N)c1)N(CC(N)=O)CC(N)=O. The molecule has 0 aliphatic heterocycles. The number of nitrogens with zero attached hydrogens (tertiary/aromatic N) is 1. The fraction of sp³-hybridized carbons (Fsp3) is 0.333. The van der Waals surface area contributed by atoms with Crippen molar-refractivity contribution in [2.24, 2.45) is 11.5 Å². The molecule has 1 unspecified atom stereocenters. The Kier molecular flexibility index (Phi) is 4.67. The number of rotatable bonds is 6. The molecule has 2 amide bonds. The molecule has 1 atom stereocenters. The van der Waals surface area contributed by atoms with Crippen molar-refractivity contribution >= 4 is 17.5 Å². The summed E-state index contributed by atoms with van der Waals surface area (Å²) in [6.45, 7) is 1.80. The van der Waals surface area contributed by atoms with E-state index in [9.17, 15) is 9.59 Å². The van der Waals surface area contributed by atoms with Gasteiger partial charge < -0.3 is 17.2 Å². The summed E-state index contributed by atoms with van der Waals surface area (Å²) >= 11 is 0. The normalized spacial score (nSPS) is 12.3. The summed E-state index contributed by atoms with van der Waals surface area (Å²) in [5, 5.41) is 0. The maximum Gasteiger partial charge on any atom is 0.231 e. The Hall–Kier alpha value is -2.08. The predicted molar refractivity (Wildman–Crippen MR) is 69.2 cm³/mol. The van der Waals surface area contributed by atoms with Gasteiger partial charge in [-0.1, -0.05) is 12.1 Å². The predicted octanol–water partition coefficient (Wildman–Crippen LogP) is -0.398. The van der Waals surface area contributed by atoms with Crippen LogP contribution in [-0.4, -0.2) is 29.8 Å². The van der Waals surface area contributed by atoms with Gasteiger partial charge in [-0.2, -0.15) is 0 Å². The second-order valence-corrected chi connectivity index (χ2v) is 4.18. The van der Waals surface area contributed by atoms with Gasteiger partial charge in [0.1, 0.15) is 0 Å². The minimum atomic E-state index is -0.507. The van der Waals surface area contributed by atoms with Crippen molar-refractivity contribution in [3.63, 3.8) is 0 Å². The lowest BCUT2D eigenvalue weighted by Gasteiger charge is -2.27. The molecule has 6 nitrogen and oxygen atoms in total. The summed E-state index contributed by atoms with van der Waals surface area (Å²) in [4.78, 5) is 23.6. The number of nitrogens with two attached hydrogens (primary N) is 3. The van der Waals surface area contributed by atoms with Gasteiger partial charge in [-0.15, -0.1) is 0 Å². The Morgan fingerprint density at radius 2 is 1.78 bits per heavy atom. The highest BCUT2D eigenvalue weighted by Gasteiger charge is 2.19. The molecular weight excluding hydrogens is 232 g/mol. The van der Waals surface area contributed by atoms with Crippen molar-refractivity contribution < 1.29 is 9.59 Å². The molecule has 0 aromatic heterocycles. The van der Waals surface area contributed by atoms with Gasteiger partial charge >= 0.3 is 0 Å². The van der Waals surface area contributed by atoms with Crippen LogP contribution in [0.1, 0.15) is 18.5 Å². The van der Waals surface area contributed by atoms with E-state index >= 15 is 0 Å². The molecule has 0 saturated heterocycles. The molecule has 0 saturated carbocycles. The Balaban J connectivity index is 2.90. The Morgan fingerprint density at radius 1 is 1.22 bits per heavy atom. The molecule has 1 aromatic rings. The fourth-order valence-electron chi connectivity index (χ4n) is 1.76. The smallest absolute Gasteiger partial charge is 0.231 e. The highest BCUT2D eigenvalue weighted by molar-refractivity contribution is 5.79. The van der Waals surface area contributed by atoms with E-state index in [0.717, 1.165) is 5.56 Å². The lowest BCUT2D eigenvalue weighted by Crippen LogP contribution is -2.41. The first-order valence-corrected chi connectivity index (χ1v) is 5.56. The first-order valence-electron chi connectivity index (χ1n) is 5.56. The van der Waals surface area contributed by atoms with Gasteiger partial charge in [-0.3, -0.25) is 14.5 Å². The van der Waals surface area contributed by atoms with Crippen molar-refractivity contribution in [3.05, 3.63) is 29.8 Å². The summed E-state index contributed by atoms with van der Waals surface area (Å²) < 4.78 is 0. The third-order valence-corrected chi connectivity index (χ3v) is 2.66. The van der Waals surface area contributed by atoms with Crippen LogP contribution < -0.4 is 17.2 Å². The molecule has 98 valence electrons. The van der Waals surface area contributed by atoms with Crippen molar-refractivity contribution in [2.75, 3.05) is 18.8 Å². The van der Waals surface area contributed by atoms with E-state index in [1.807, 2.05) is 19.1 Å². The zero-order valence-electron chi connectivity index (χ0n) is 10.3. The van der Waals surface area contributed by atoms with Gasteiger partial charge in [0, 0.05) is 11.7 Å². The number of hydrogen-bond donors (Lipinski definition) is 3. The Labute approximate surface area is 106 Å². The lowest BCUT2D eigenvalue weighted by atomic mass is 10.1. The third-order valence-electron chi connectivity index (χ3n) is 2.66. The number of carbonyl (C=O) groups excluding carboxylic acids is 2. The highest BCUT2D eigenvalue weighted by Crippen LogP contribution is 2.21. The lowest BCUT2D eigenvalue weighted by molar-refractivity contribution is -0.122. The molecule has 6 heteroatoms. The summed E-state index contributed by atoms with van der Waals surface area (Å²) in [5.41, 5.74) is 17.5. The second kappa shape index (κ2) is 6.02. The van der Waals surface area contributed by atoms with Gasteiger partial charge in [0.25, 0.3) is 0 Å². The number of anilines is 1. The second-order valence-electron chi connectivity index (χ2n) is 4.18. The fourth-order valence-corrected chi connectivity index (χ4v) is 1.76. The number of nitrogen functional groups attached to an aromatic ring is 1. The quantitative estimate of drug-likeness (QED) is 0.596. The van der Waals surface area contributed by atoms with Gasteiger partial charge in [-0.05, 0) is 24.6 Å². The Bertz CT molecular complexity index is 431. The summed E-state index contributed by atoms with van der Waals surface area (Å²) in [6.07, 6.45) is 0. The number of amides is 2. The number of benzene rings is 1. The molecule has 0 fully saturated rings. The van der Waals surface area contributed by atoms with Crippen LogP contribution in [0.25, 0.3) is 0 Å². The van der Waals surface area contributed by atoms with Crippen LogP contribution in [0.5, 0.6) is 0 Å². The molecular formula is C12H18N4O2. The molecule has 1 aromatic carbocycles. The first kappa shape index (κ1) is 14.0. The van der Waals surface area contributed by atoms with Gasteiger partial charge in [0.2, 0.25) is 11.8 Å². The maximum atomic E-state index is 11.0. The maximum absolute atomic E-state index is 11.0. The van der Waals surface area contributed by atoms with Crippen molar-refractivity contribution in [1.29, 1.82) is 0 Å². The standard InChI is InChI=1S/C12H18N4O2/c1-8(9-3-2-4-10(13)5-9)16(6-11(14)17)7-12(15)18/h2-5,8H,6-7,13H2,1H3,(H2,14,17)(H2,15,18). The van der Waals surface area contributed by atoms with E-state index in [1.54, 1.807) is 17.0 Å².